The third-order valence-electron chi connectivity index (χ3n) is 4.24. The highest BCUT2D eigenvalue weighted by Gasteiger charge is 2.19. The summed E-state index contributed by atoms with van der Waals surface area (Å²) in [6, 6.07) is 4.17. The van der Waals surface area contributed by atoms with Gasteiger partial charge in [0.1, 0.15) is 11.6 Å². The van der Waals surface area contributed by atoms with Gasteiger partial charge in [0.05, 0.1) is 0 Å². The highest BCUT2D eigenvalue weighted by atomic mass is 19.1. The lowest BCUT2D eigenvalue weighted by atomic mass is 9.83. The van der Waals surface area contributed by atoms with Crippen LogP contribution >= 0.6 is 0 Å². The van der Waals surface area contributed by atoms with Crippen LogP contribution in [-0.4, -0.2) is 12.6 Å². The number of nitrogens with one attached hydrogen (secondary N) is 1. The molecule has 20 heavy (non-hydrogen) atoms. The van der Waals surface area contributed by atoms with Crippen LogP contribution < -0.4 is 5.32 Å². The van der Waals surface area contributed by atoms with Crippen molar-refractivity contribution in [1.82, 2.24) is 5.32 Å². The summed E-state index contributed by atoms with van der Waals surface area (Å²) in [6.45, 7) is 2.98. The zero-order chi connectivity index (χ0) is 14.4. The fourth-order valence-electron chi connectivity index (χ4n) is 3.37. The van der Waals surface area contributed by atoms with Crippen molar-refractivity contribution in [3.05, 3.63) is 35.4 Å². The summed E-state index contributed by atoms with van der Waals surface area (Å²) < 4.78 is 26.5. The van der Waals surface area contributed by atoms with Crippen molar-refractivity contribution in [3.8, 4) is 0 Å². The van der Waals surface area contributed by atoms with Gasteiger partial charge in [0, 0.05) is 12.1 Å². The SMILES string of the molecule is CCNC(Cc1cc(F)cc(F)c1)CC1CCCCC1. The highest BCUT2D eigenvalue weighted by Crippen LogP contribution is 2.28. The topological polar surface area (TPSA) is 12.0 Å². The monoisotopic (exact) mass is 281 g/mol. The molecular formula is C17H25F2N. The van der Waals surface area contributed by atoms with Crippen LogP contribution in [0.5, 0.6) is 0 Å². The lowest BCUT2D eigenvalue weighted by molar-refractivity contribution is 0.298. The van der Waals surface area contributed by atoms with E-state index in [4.69, 9.17) is 0 Å². The van der Waals surface area contributed by atoms with Crippen molar-refractivity contribution in [3.63, 3.8) is 0 Å². The zero-order valence-corrected chi connectivity index (χ0v) is 12.3. The molecule has 1 saturated carbocycles. The van der Waals surface area contributed by atoms with E-state index in [1.165, 1.54) is 44.2 Å². The molecule has 1 aromatic carbocycles. The zero-order valence-electron chi connectivity index (χ0n) is 12.3. The normalized spacial score (nSPS) is 18.1. The fraction of sp³-hybridized carbons (Fsp3) is 0.647. The van der Waals surface area contributed by atoms with Gasteiger partial charge < -0.3 is 5.32 Å². The lowest BCUT2D eigenvalue weighted by Crippen LogP contribution is -2.33. The van der Waals surface area contributed by atoms with Gasteiger partial charge in [-0.1, -0.05) is 39.0 Å². The first-order valence-corrected chi connectivity index (χ1v) is 7.85. The van der Waals surface area contributed by atoms with E-state index in [9.17, 15) is 8.78 Å². The molecule has 1 aliphatic rings. The van der Waals surface area contributed by atoms with E-state index in [2.05, 4.69) is 12.2 Å². The Kier molecular flexibility index (Phi) is 5.96. The number of hydrogen-bond acceptors (Lipinski definition) is 1. The molecule has 0 aromatic heterocycles. The number of benzene rings is 1. The van der Waals surface area contributed by atoms with Crippen LogP contribution in [0.25, 0.3) is 0 Å². The van der Waals surface area contributed by atoms with Crippen LogP contribution in [0.4, 0.5) is 8.78 Å². The molecule has 1 fully saturated rings. The van der Waals surface area contributed by atoms with Crippen molar-refractivity contribution < 1.29 is 8.78 Å². The minimum Gasteiger partial charge on any atom is -0.314 e. The standard InChI is InChI=1S/C17H25F2N/c1-2-20-17(10-13-6-4-3-5-7-13)11-14-8-15(18)12-16(19)9-14/h8-9,12-13,17,20H,2-7,10-11H2,1H3. The quantitative estimate of drug-likeness (QED) is 0.812. The predicted octanol–water partition coefficient (Wildman–Crippen LogP) is 4.46. The minimum atomic E-state index is -0.479. The van der Waals surface area contributed by atoms with Gasteiger partial charge in [0.15, 0.2) is 0 Å². The summed E-state index contributed by atoms with van der Waals surface area (Å²) in [4.78, 5) is 0. The van der Waals surface area contributed by atoms with E-state index in [1.807, 2.05) is 0 Å². The molecule has 0 amide bonds. The molecule has 2 rings (SSSR count). The molecule has 1 aromatic rings. The Labute approximate surface area is 120 Å². The summed E-state index contributed by atoms with van der Waals surface area (Å²) in [7, 11) is 0. The fourth-order valence-corrected chi connectivity index (χ4v) is 3.37. The maximum atomic E-state index is 13.3. The molecule has 0 spiro atoms. The molecule has 1 N–H and O–H groups in total. The van der Waals surface area contributed by atoms with Gasteiger partial charge in [-0.2, -0.15) is 0 Å². The maximum absolute atomic E-state index is 13.3. The molecule has 1 aliphatic carbocycles. The number of halogens is 2. The first kappa shape index (κ1) is 15.4. The average Bonchev–Trinajstić information content (AvgIpc) is 2.39. The molecule has 0 bridgehead atoms. The van der Waals surface area contributed by atoms with E-state index < -0.39 is 11.6 Å². The van der Waals surface area contributed by atoms with Crippen LogP contribution in [0.1, 0.15) is 51.0 Å². The first-order chi connectivity index (χ1) is 9.67. The van der Waals surface area contributed by atoms with E-state index in [0.717, 1.165) is 30.5 Å². The smallest absolute Gasteiger partial charge is 0.126 e. The Balaban J connectivity index is 1.96. The lowest BCUT2D eigenvalue weighted by Gasteiger charge is -2.27. The summed E-state index contributed by atoms with van der Waals surface area (Å²) >= 11 is 0. The summed E-state index contributed by atoms with van der Waals surface area (Å²) in [5.41, 5.74) is 0.754. The van der Waals surface area contributed by atoms with Crippen molar-refractivity contribution in [2.24, 2.45) is 5.92 Å². The summed E-state index contributed by atoms with van der Waals surface area (Å²) in [5.74, 6) is -0.188. The number of rotatable bonds is 6. The van der Waals surface area contributed by atoms with Gasteiger partial charge in [-0.3, -0.25) is 0 Å². The Morgan fingerprint density at radius 2 is 1.75 bits per heavy atom. The van der Waals surface area contributed by atoms with Gasteiger partial charge in [0.25, 0.3) is 0 Å². The van der Waals surface area contributed by atoms with Gasteiger partial charge in [-0.15, -0.1) is 0 Å². The van der Waals surface area contributed by atoms with Crippen molar-refractivity contribution in [1.29, 1.82) is 0 Å². The molecule has 1 nitrogen and oxygen atoms in total. The molecule has 0 heterocycles. The van der Waals surface area contributed by atoms with Gasteiger partial charge >= 0.3 is 0 Å². The Bertz CT molecular complexity index is 393. The van der Waals surface area contributed by atoms with E-state index in [1.54, 1.807) is 0 Å². The minimum absolute atomic E-state index is 0.323. The third-order valence-corrected chi connectivity index (χ3v) is 4.24. The summed E-state index contributed by atoms with van der Waals surface area (Å²) in [6.07, 6.45) is 8.46. The Morgan fingerprint density at radius 1 is 1.10 bits per heavy atom. The molecule has 1 unspecified atom stereocenters. The van der Waals surface area contributed by atoms with E-state index in [0.29, 0.717) is 12.5 Å². The largest absolute Gasteiger partial charge is 0.314 e. The highest BCUT2D eigenvalue weighted by molar-refractivity contribution is 5.19. The molecule has 112 valence electrons. The van der Waals surface area contributed by atoms with Crippen LogP contribution in [0.3, 0.4) is 0 Å². The van der Waals surface area contributed by atoms with Gasteiger partial charge in [-0.25, -0.2) is 8.78 Å². The van der Waals surface area contributed by atoms with Crippen LogP contribution in [0.2, 0.25) is 0 Å². The van der Waals surface area contributed by atoms with Crippen molar-refractivity contribution in [2.75, 3.05) is 6.54 Å². The molecule has 0 aliphatic heterocycles. The van der Waals surface area contributed by atoms with Crippen molar-refractivity contribution in [2.45, 2.75) is 57.9 Å². The number of likely N-dealkylation sites (N-methyl/N-ethyl adjacent to an activating group) is 1. The van der Waals surface area contributed by atoms with Gasteiger partial charge in [0.2, 0.25) is 0 Å². The molecule has 0 saturated heterocycles. The van der Waals surface area contributed by atoms with Crippen LogP contribution in [0, 0.1) is 17.6 Å². The first-order valence-electron chi connectivity index (χ1n) is 7.85. The molecule has 0 radical (unpaired) electrons. The summed E-state index contributed by atoms with van der Waals surface area (Å²) in [5, 5.41) is 3.47. The molecule has 3 heteroatoms. The van der Waals surface area contributed by atoms with Gasteiger partial charge in [-0.05, 0) is 43.0 Å². The van der Waals surface area contributed by atoms with Crippen LogP contribution in [-0.2, 0) is 6.42 Å². The number of hydrogen-bond donors (Lipinski definition) is 1. The van der Waals surface area contributed by atoms with Crippen molar-refractivity contribution >= 4 is 0 Å². The predicted molar refractivity (Wildman–Crippen MR) is 78.7 cm³/mol. The van der Waals surface area contributed by atoms with E-state index >= 15 is 0 Å². The molecular weight excluding hydrogens is 256 g/mol. The average molecular weight is 281 g/mol. The second-order valence-electron chi connectivity index (χ2n) is 5.98. The second-order valence-corrected chi connectivity index (χ2v) is 5.98. The maximum Gasteiger partial charge on any atom is 0.126 e. The third kappa shape index (κ3) is 4.86. The Hall–Kier alpha value is -0.960. The van der Waals surface area contributed by atoms with E-state index in [-0.39, 0.29) is 0 Å². The second kappa shape index (κ2) is 7.72. The molecule has 1 atom stereocenters. The Morgan fingerprint density at radius 3 is 2.35 bits per heavy atom. The van der Waals surface area contributed by atoms with Crippen LogP contribution in [0.15, 0.2) is 18.2 Å².